The molecule has 12 nitrogen and oxygen atoms in total. The molecular weight excluding hydrogens is 754 g/mol. The number of imide groups is 2. The number of nitrogens with zero attached hydrogens (tertiary/aromatic N) is 6. The third kappa shape index (κ3) is 6.92. The van der Waals surface area contributed by atoms with Crippen molar-refractivity contribution in [1.29, 1.82) is 5.26 Å². The van der Waals surface area contributed by atoms with Gasteiger partial charge in [-0.1, -0.05) is 18.5 Å². The summed E-state index contributed by atoms with van der Waals surface area (Å²) in [5, 5.41) is 12.1. The van der Waals surface area contributed by atoms with Gasteiger partial charge in [-0.15, -0.1) is 0 Å². The molecule has 58 heavy (non-hydrogen) atoms. The Hall–Kier alpha value is -5.25. The SMILES string of the molecule is CC[C@H]1CC2(CCN(c3ccc(C(=O)N4CCC(CN5Cc6cc7c(cc6C5)C(=O)N(C5CCC(=O)NC5=O)C7=O)CC4)cc3)CC2)CN1c1ccc(C#N)c(Cl)c1. The molecule has 9 rings (SSSR count). The van der Waals surface area contributed by atoms with E-state index < -0.39 is 29.7 Å². The number of likely N-dealkylation sites (tertiary alicyclic amines) is 1. The summed E-state index contributed by atoms with van der Waals surface area (Å²) in [4.78, 5) is 74.6. The topological polar surface area (TPSA) is 137 Å². The van der Waals surface area contributed by atoms with Crippen molar-refractivity contribution in [3.8, 4) is 6.07 Å². The average Bonchev–Trinajstić information content (AvgIpc) is 3.88. The fourth-order valence-electron chi connectivity index (χ4n) is 10.5. The fraction of sp³-hybridized carbons (Fsp3) is 0.467. The zero-order valence-corrected chi connectivity index (χ0v) is 33.6. The van der Waals surface area contributed by atoms with Gasteiger partial charge in [-0.2, -0.15) is 5.26 Å². The monoisotopic (exact) mass is 801 g/mol. The molecule has 0 aromatic heterocycles. The number of hydrogen-bond acceptors (Lipinski definition) is 9. The maximum absolute atomic E-state index is 13.6. The highest BCUT2D eigenvalue weighted by Crippen LogP contribution is 2.47. The minimum Gasteiger partial charge on any atom is -0.371 e. The zero-order valence-electron chi connectivity index (χ0n) is 32.8. The van der Waals surface area contributed by atoms with Gasteiger partial charge in [-0.05, 0) is 122 Å². The Bertz CT molecular complexity index is 2190. The molecule has 5 amide bonds. The molecule has 0 bridgehead atoms. The van der Waals surface area contributed by atoms with Gasteiger partial charge >= 0.3 is 0 Å². The summed E-state index contributed by atoms with van der Waals surface area (Å²) in [6.07, 6.45) is 6.50. The first-order valence-electron chi connectivity index (χ1n) is 20.7. The molecule has 0 saturated carbocycles. The van der Waals surface area contributed by atoms with E-state index in [0.29, 0.717) is 59.9 Å². The van der Waals surface area contributed by atoms with Crippen molar-refractivity contribution < 1.29 is 24.0 Å². The summed E-state index contributed by atoms with van der Waals surface area (Å²) < 4.78 is 0. The van der Waals surface area contributed by atoms with Gasteiger partial charge in [0.1, 0.15) is 12.1 Å². The first-order chi connectivity index (χ1) is 28.0. The van der Waals surface area contributed by atoms with Crippen LogP contribution in [0.25, 0.3) is 0 Å². The lowest BCUT2D eigenvalue weighted by Crippen LogP contribution is -2.54. The molecule has 1 N–H and O–H groups in total. The first kappa shape index (κ1) is 38.3. The van der Waals surface area contributed by atoms with Gasteiger partial charge in [0.25, 0.3) is 17.7 Å². The van der Waals surface area contributed by atoms with Crippen molar-refractivity contribution >= 4 is 52.5 Å². The Morgan fingerprint density at radius 3 is 2.14 bits per heavy atom. The Kier molecular flexibility index (Phi) is 10.0. The van der Waals surface area contributed by atoms with E-state index in [0.717, 1.165) is 97.7 Å². The lowest BCUT2D eigenvalue weighted by atomic mass is 9.76. The second kappa shape index (κ2) is 15.2. The van der Waals surface area contributed by atoms with Crippen LogP contribution in [0.2, 0.25) is 5.02 Å². The standard InChI is InChI=1S/C45H48ClN7O5/c1-2-33-22-45(27-52(33)35-8-5-30(23-47)38(46)21-35)13-17-50(18-14-45)34-6-3-29(4-7-34)42(56)51-15-11-28(12-16-51)24-49-25-31-19-36-37(20-32(31)26-49)44(58)53(43(36)57)39-9-10-40(54)48-41(39)55/h3-8,19-21,28,33,39H,2,9-18,22,24-27H2,1H3,(H,48,54,55)/t33-,39?/m0/s1. The molecule has 13 heteroatoms. The molecule has 6 aliphatic rings. The van der Waals surface area contributed by atoms with Crippen LogP contribution in [0, 0.1) is 22.7 Å². The quantitative estimate of drug-likeness (QED) is 0.296. The number of nitrogens with one attached hydrogen (secondary N) is 1. The Labute approximate surface area is 343 Å². The third-order valence-electron chi connectivity index (χ3n) is 13.8. The van der Waals surface area contributed by atoms with Crippen LogP contribution >= 0.6 is 11.6 Å². The minimum atomic E-state index is -0.968. The molecule has 1 unspecified atom stereocenters. The van der Waals surface area contributed by atoms with Crippen LogP contribution in [0.1, 0.15) is 106 Å². The Balaban J connectivity index is 0.748. The number of benzene rings is 3. The number of halogens is 1. The Morgan fingerprint density at radius 1 is 0.879 bits per heavy atom. The van der Waals surface area contributed by atoms with Crippen LogP contribution in [0.3, 0.4) is 0 Å². The van der Waals surface area contributed by atoms with Gasteiger partial charge in [0.2, 0.25) is 11.8 Å². The van der Waals surface area contributed by atoms with E-state index in [9.17, 15) is 29.2 Å². The summed E-state index contributed by atoms with van der Waals surface area (Å²) >= 11 is 6.42. The van der Waals surface area contributed by atoms with E-state index in [4.69, 9.17) is 11.6 Å². The van der Waals surface area contributed by atoms with E-state index >= 15 is 0 Å². The molecule has 0 aliphatic carbocycles. The Morgan fingerprint density at radius 2 is 1.53 bits per heavy atom. The maximum atomic E-state index is 13.6. The maximum Gasteiger partial charge on any atom is 0.262 e. The second-order valence-corrected chi connectivity index (χ2v) is 17.6. The number of hydrogen-bond donors (Lipinski definition) is 1. The van der Waals surface area contributed by atoms with Gasteiger partial charge in [0, 0.05) is 81.8 Å². The van der Waals surface area contributed by atoms with Crippen LogP contribution in [-0.2, 0) is 22.7 Å². The predicted molar refractivity (Wildman–Crippen MR) is 218 cm³/mol. The molecule has 3 aromatic carbocycles. The smallest absolute Gasteiger partial charge is 0.262 e. The molecule has 1 spiro atoms. The highest BCUT2D eigenvalue weighted by Gasteiger charge is 2.47. The number of anilines is 2. The van der Waals surface area contributed by atoms with Crippen molar-refractivity contribution in [1.82, 2.24) is 20.0 Å². The zero-order chi connectivity index (χ0) is 40.3. The third-order valence-corrected chi connectivity index (χ3v) is 14.1. The van der Waals surface area contributed by atoms with Gasteiger partial charge in [0.05, 0.1) is 21.7 Å². The van der Waals surface area contributed by atoms with Crippen LogP contribution < -0.4 is 15.1 Å². The number of rotatable bonds is 7. The summed E-state index contributed by atoms with van der Waals surface area (Å²) in [6.45, 7) is 8.84. The van der Waals surface area contributed by atoms with Gasteiger partial charge in [-0.3, -0.25) is 39.1 Å². The number of carbonyl (C=O) groups excluding carboxylic acids is 5. The van der Waals surface area contributed by atoms with Gasteiger partial charge in [0.15, 0.2) is 0 Å². The molecule has 300 valence electrons. The summed E-state index contributed by atoms with van der Waals surface area (Å²) in [5.74, 6) is -1.44. The lowest BCUT2D eigenvalue weighted by Gasteiger charge is -2.40. The fourth-order valence-corrected chi connectivity index (χ4v) is 10.7. The number of piperidine rings is 3. The minimum absolute atomic E-state index is 0.0749. The van der Waals surface area contributed by atoms with Crippen LogP contribution in [-0.4, -0.2) is 95.6 Å². The first-order valence-corrected chi connectivity index (χ1v) is 21.1. The van der Waals surface area contributed by atoms with Crippen molar-refractivity contribution in [2.24, 2.45) is 11.3 Å². The highest BCUT2D eigenvalue weighted by atomic mass is 35.5. The van der Waals surface area contributed by atoms with E-state index in [1.807, 2.05) is 47.4 Å². The van der Waals surface area contributed by atoms with Crippen LogP contribution in [0.5, 0.6) is 0 Å². The molecule has 6 heterocycles. The number of carbonyl (C=O) groups is 5. The average molecular weight is 802 g/mol. The van der Waals surface area contributed by atoms with Crippen molar-refractivity contribution in [3.05, 3.63) is 93.0 Å². The number of fused-ring (bicyclic) bond motifs is 2. The van der Waals surface area contributed by atoms with Crippen molar-refractivity contribution in [3.63, 3.8) is 0 Å². The lowest BCUT2D eigenvalue weighted by molar-refractivity contribution is -0.136. The van der Waals surface area contributed by atoms with E-state index in [2.05, 4.69) is 45.1 Å². The molecule has 3 aromatic rings. The number of amides is 5. The van der Waals surface area contributed by atoms with Crippen LogP contribution in [0.4, 0.5) is 11.4 Å². The summed E-state index contributed by atoms with van der Waals surface area (Å²) in [6, 6.07) is 19.2. The molecular formula is C45H48ClN7O5. The van der Waals surface area contributed by atoms with E-state index in [1.54, 1.807) is 0 Å². The number of nitriles is 1. The van der Waals surface area contributed by atoms with E-state index in [-0.39, 0.29) is 24.2 Å². The molecule has 2 atom stereocenters. The van der Waals surface area contributed by atoms with E-state index in [1.165, 1.54) is 0 Å². The molecule has 4 fully saturated rings. The second-order valence-electron chi connectivity index (χ2n) is 17.2. The largest absolute Gasteiger partial charge is 0.371 e. The van der Waals surface area contributed by atoms with Crippen molar-refractivity contribution in [2.45, 2.75) is 83.5 Å². The summed E-state index contributed by atoms with van der Waals surface area (Å²) in [5.41, 5.74) is 6.43. The van der Waals surface area contributed by atoms with Gasteiger partial charge in [-0.25, -0.2) is 0 Å². The summed E-state index contributed by atoms with van der Waals surface area (Å²) in [7, 11) is 0. The van der Waals surface area contributed by atoms with Crippen LogP contribution in [0.15, 0.2) is 54.6 Å². The molecule has 4 saturated heterocycles. The van der Waals surface area contributed by atoms with Crippen molar-refractivity contribution in [2.75, 3.05) is 49.1 Å². The molecule has 6 aliphatic heterocycles. The normalized spacial score (nSPS) is 23.4. The molecule has 0 radical (unpaired) electrons. The highest BCUT2D eigenvalue weighted by molar-refractivity contribution is 6.32. The van der Waals surface area contributed by atoms with Gasteiger partial charge < -0.3 is 14.7 Å². The predicted octanol–water partition coefficient (Wildman–Crippen LogP) is 5.76.